The fourth-order valence-corrected chi connectivity index (χ4v) is 3.50. The minimum atomic E-state index is 0.369. The third-order valence-electron chi connectivity index (χ3n) is 4.96. The second-order valence-corrected chi connectivity index (χ2v) is 7.91. The molecule has 8 nitrogen and oxygen atoms in total. The normalized spacial score (nSPS) is 11.2. The quantitative estimate of drug-likeness (QED) is 0.337. The van der Waals surface area contributed by atoms with Gasteiger partial charge in [-0.2, -0.15) is 0 Å². The summed E-state index contributed by atoms with van der Waals surface area (Å²) < 4.78 is 11.3. The number of nitrogens with two attached hydrogens (primary N) is 1. The highest BCUT2D eigenvalue weighted by Crippen LogP contribution is 2.37. The van der Waals surface area contributed by atoms with E-state index in [1.807, 2.05) is 49.5 Å². The number of para-hydroxylation sites is 1. The number of fused-ring (bicyclic) bond motifs is 1. The largest absolute Gasteiger partial charge is 0.494 e. The van der Waals surface area contributed by atoms with E-state index in [1.165, 1.54) is 0 Å². The van der Waals surface area contributed by atoms with Crippen LogP contribution in [0.3, 0.4) is 0 Å². The Labute approximate surface area is 191 Å². The van der Waals surface area contributed by atoms with Crippen molar-refractivity contribution in [1.29, 1.82) is 0 Å². The Kier molecular flexibility index (Phi) is 6.34. The number of nitrogens with zero attached hydrogens (tertiary/aromatic N) is 3. The number of anilines is 3. The number of hydrogen-bond donors (Lipinski definition) is 3. The molecule has 2 heterocycles. The zero-order valence-electron chi connectivity index (χ0n) is 18.1. The minimum absolute atomic E-state index is 0.369. The van der Waals surface area contributed by atoms with Crippen LogP contribution in [0.4, 0.5) is 17.3 Å². The Morgan fingerprint density at radius 1 is 1.19 bits per heavy atom. The fourth-order valence-electron chi connectivity index (χ4n) is 3.31. The number of rotatable bonds is 8. The molecule has 0 bridgehead atoms. The summed E-state index contributed by atoms with van der Waals surface area (Å²) >= 11 is 6.43. The molecule has 0 amide bonds. The van der Waals surface area contributed by atoms with E-state index >= 15 is 0 Å². The molecule has 0 saturated heterocycles. The van der Waals surface area contributed by atoms with Gasteiger partial charge in [0.25, 0.3) is 0 Å². The van der Waals surface area contributed by atoms with Crippen LogP contribution in [-0.2, 0) is 0 Å². The third kappa shape index (κ3) is 4.56. The summed E-state index contributed by atoms with van der Waals surface area (Å²) in [6.45, 7) is 1.29. The molecule has 4 rings (SSSR count). The van der Waals surface area contributed by atoms with Gasteiger partial charge in [0.05, 0.1) is 35.4 Å². The summed E-state index contributed by atoms with van der Waals surface area (Å²) in [5.41, 5.74) is 9.84. The molecule has 0 aliphatic carbocycles. The van der Waals surface area contributed by atoms with Crippen molar-refractivity contribution < 1.29 is 9.47 Å². The smallest absolute Gasteiger partial charge is 0.227 e. The van der Waals surface area contributed by atoms with E-state index in [4.69, 9.17) is 26.8 Å². The van der Waals surface area contributed by atoms with Crippen molar-refractivity contribution in [2.24, 2.45) is 0 Å². The van der Waals surface area contributed by atoms with Crippen LogP contribution in [0.5, 0.6) is 11.5 Å². The number of aromatic amines is 1. The van der Waals surface area contributed by atoms with Crippen LogP contribution in [0.1, 0.15) is 0 Å². The fraction of sp³-hybridized carbons (Fsp3) is 0.217. The highest BCUT2D eigenvalue weighted by molar-refractivity contribution is 6.33. The van der Waals surface area contributed by atoms with E-state index in [1.54, 1.807) is 25.4 Å². The van der Waals surface area contributed by atoms with Crippen molar-refractivity contribution in [2.45, 2.75) is 0 Å². The lowest BCUT2D eigenvalue weighted by atomic mass is 10.1. The molecule has 4 aromatic rings. The lowest BCUT2D eigenvalue weighted by molar-refractivity contribution is 0.261. The van der Waals surface area contributed by atoms with Crippen molar-refractivity contribution in [1.82, 2.24) is 19.9 Å². The SMILES string of the molecule is COc1cc(OCCN(C)C)c(N)cc1Nc1ncc(Cl)c(-c2c[nH]c3ccccc23)n1. The molecule has 32 heavy (non-hydrogen) atoms. The lowest BCUT2D eigenvalue weighted by Crippen LogP contribution is -2.19. The molecule has 0 aliphatic rings. The summed E-state index contributed by atoms with van der Waals surface area (Å²) in [6.07, 6.45) is 3.46. The van der Waals surface area contributed by atoms with E-state index in [9.17, 15) is 0 Å². The Balaban J connectivity index is 1.63. The van der Waals surface area contributed by atoms with Crippen LogP contribution in [0.25, 0.3) is 22.2 Å². The molecule has 0 spiro atoms. The molecule has 0 radical (unpaired) electrons. The molecular formula is C23H25ClN6O2. The maximum Gasteiger partial charge on any atom is 0.227 e. The number of benzene rings is 2. The molecule has 9 heteroatoms. The van der Waals surface area contributed by atoms with E-state index in [0.29, 0.717) is 46.1 Å². The monoisotopic (exact) mass is 452 g/mol. The molecule has 0 aliphatic heterocycles. The number of ether oxygens (including phenoxy) is 2. The van der Waals surface area contributed by atoms with E-state index < -0.39 is 0 Å². The molecule has 2 aromatic carbocycles. The highest BCUT2D eigenvalue weighted by atomic mass is 35.5. The maximum atomic E-state index is 6.43. The van der Waals surface area contributed by atoms with Crippen molar-refractivity contribution in [2.75, 3.05) is 45.4 Å². The van der Waals surface area contributed by atoms with Crippen molar-refractivity contribution >= 4 is 39.8 Å². The van der Waals surface area contributed by atoms with Crippen molar-refractivity contribution in [3.8, 4) is 22.8 Å². The first-order valence-electron chi connectivity index (χ1n) is 10.1. The van der Waals surface area contributed by atoms with Crippen LogP contribution in [-0.4, -0.2) is 54.2 Å². The number of methoxy groups -OCH3 is 1. The first-order chi connectivity index (χ1) is 15.5. The zero-order valence-corrected chi connectivity index (χ0v) is 18.9. The molecule has 0 saturated carbocycles. The summed E-state index contributed by atoms with van der Waals surface area (Å²) in [5, 5.41) is 4.67. The van der Waals surface area contributed by atoms with Crippen LogP contribution < -0.4 is 20.5 Å². The zero-order chi connectivity index (χ0) is 22.7. The van der Waals surface area contributed by atoms with Crippen LogP contribution >= 0.6 is 11.6 Å². The van der Waals surface area contributed by atoms with E-state index in [-0.39, 0.29) is 0 Å². The topological polar surface area (TPSA) is 101 Å². The van der Waals surface area contributed by atoms with Gasteiger partial charge >= 0.3 is 0 Å². The second kappa shape index (κ2) is 9.33. The van der Waals surface area contributed by atoms with Gasteiger partial charge in [-0.1, -0.05) is 29.8 Å². The van der Waals surface area contributed by atoms with Crippen molar-refractivity contribution in [3.63, 3.8) is 0 Å². The molecular weight excluding hydrogens is 428 g/mol. The van der Waals surface area contributed by atoms with Gasteiger partial charge in [-0.05, 0) is 26.2 Å². The maximum absolute atomic E-state index is 6.43. The highest BCUT2D eigenvalue weighted by Gasteiger charge is 2.15. The molecule has 0 fully saturated rings. The van der Waals surface area contributed by atoms with Crippen molar-refractivity contribution in [3.05, 3.63) is 53.8 Å². The summed E-state index contributed by atoms with van der Waals surface area (Å²) in [4.78, 5) is 14.3. The molecule has 2 aromatic heterocycles. The van der Waals surface area contributed by atoms with Gasteiger partial charge in [0, 0.05) is 35.3 Å². The van der Waals surface area contributed by atoms with E-state index in [0.717, 1.165) is 23.0 Å². The van der Waals surface area contributed by atoms with Crippen LogP contribution in [0, 0.1) is 0 Å². The van der Waals surface area contributed by atoms with E-state index in [2.05, 4.69) is 20.3 Å². The average molecular weight is 453 g/mol. The minimum Gasteiger partial charge on any atom is -0.494 e. The molecule has 4 N–H and O–H groups in total. The summed E-state index contributed by atoms with van der Waals surface area (Å²) in [7, 11) is 5.55. The lowest BCUT2D eigenvalue weighted by Gasteiger charge is -2.16. The first-order valence-corrected chi connectivity index (χ1v) is 10.4. The van der Waals surface area contributed by atoms with Gasteiger partial charge in [0.1, 0.15) is 18.1 Å². The number of H-pyrrole nitrogens is 1. The number of halogens is 1. The predicted molar refractivity (Wildman–Crippen MR) is 129 cm³/mol. The molecule has 0 atom stereocenters. The van der Waals surface area contributed by atoms with Gasteiger partial charge in [-0.15, -0.1) is 0 Å². The number of nitrogen functional groups attached to an aromatic ring is 1. The second-order valence-electron chi connectivity index (χ2n) is 7.51. The summed E-state index contributed by atoms with van der Waals surface area (Å²) in [5.74, 6) is 1.49. The average Bonchev–Trinajstić information content (AvgIpc) is 3.20. The summed E-state index contributed by atoms with van der Waals surface area (Å²) in [6, 6.07) is 11.5. The van der Waals surface area contributed by atoms with Gasteiger partial charge < -0.3 is 30.4 Å². The van der Waals surface area contributed by atoms with Crippen LogP contribution in [0.15, 0.2) is 48.8 Å². The predicted octanol–water partition coefficient (Wildman–Crippen LogP) is 4.55. The Morgan fingerprint density at radius 2 is 2.00 bits per heavy atom. The first kappa shape index (κ1) is 21.7. The third-order valence-corrected chi connectivity index (χ3v) is 5.24. The molecule has 166 valence electrons. The number of nitrogens with one attached hydrogen (secondary N) is 2. The number of hydrogen-bond acceptors (Lipinski definition) is 7. The Hall–Kier alpha value is -3.49. The Bertz CT molecular complexity index is 1240. The molecule has 0 unspecified atom stereocenters. The van der Waals surface area contributed by atoms with Gasteiger partial charge in [-0.3, -0.25) is 0 Å². The van der Waals surface area contributed by atoms with Gasteiger partial charge in [0.15, 0.2) is 0 Å². The van der Waals surface area contributed by atoms with Gasteiger partial charge in [0.2, 0.25) is 5.95 Å². The standard InChI is InChI=1S/C23H25ClN6O2/c1-30(2)8-9-32-20-11-21(31-3)19(10-17(20)25)28-23-27-13-16(24)22(29-23)15-12-26-18-7-5-4-6-14(15)18/h4-7,10-13,26H,8-9,25H2,1-3H3,(H,27,28,29). The Morgan fingerprint density at radius 3 is 2.78 bits per heavy atom. The number of aromatic nitrogens is 3. The number of likely N-dealkylation sites (N-methyl/N-ethyl adjacent to an activating group) is 1. The van der Waals surface area contributed by atoms with Crippen LogP contribution in [0.2, 0.25) is 5.02 Å². The van der Waals surface area contributed by atoms with Gasteiger partial charge in [-0.25, -0.2) is 9.97 Å².